The summed E-state index contributed by atoms with van der Waals surface area (Å²) in [5.74, 6) is -3.40. The van der Waals surface area contributed by atoms with Gasteiger partial charge >= 0.3 is 0 Å². The summed E-state index contributed by atoms with van der Waals surface area (Å²) in [5.41, 5.74) is -0.683. The van der Waals surface area contributed by atoms with E-state index >= 15 is 0 Å². The molecule has 2 aromatic carbocycles. The number of aliphatic hydroxyl groups is 1. The SMILES string of the molecule is C[C@]1(O)CC[C@@H](NS(=O)(=O)c2ccc(-c3cc(F)c(F)cc3F)cc2)CC1. The normalized spacial score (nSPS) is 23.4. The molecule has 1 aliphatic rings. The Hall–Kier alpha value is -1.90. The van der Waals surface area contributed by atoms with Crippen LogP contribution in [0.15, 0.2) is 41.3 Å². The quantitative estimate of drug-likeness (QED) is 0.770. The average molecular weight is 399 g/mol. The minimum absolute atomic E-state index is 0.00780. The molecule has 2 aromatic rings. The highest BCUT2D eigenvalue weighted by molar-refractivity contribution is 7.89. The second-order valence-corrected chi connectivity index (χ2v) is 8.88. The van der Waals surface area contributed by atoms with Crippen LogP contribution >= 0.6 is 0 Å². The van der Waals surface area contributed by atoms with Gasteiger partial charge in [0.2, 0.25) is 10.0 Å². The molecule has 0 heterocycles. The second-order valence-electron chi connectivity index (χ2n) is 7.16. The lowest BCUT2D eigenvalue weighted by Crippen LogP contribution is -2.42. The third kappa shape index (κ3) is 4.51. The molecule has 146 valence electrons. The molecular formula is C19H20F3NO3S. The van der Waals surface area contributed by atoms with Crippen LogP contribution in [0.2, 0.25) is 0 Å². The van der Waals surface area contributed by atoms with Crippen LogP contribution in [0, 0.1) is 17.5 Å². The zero-order chi connectivity index (χ0) is 19.8. The molecule has 4 nitrogen and oxygen atoms in total. The first-order valence-corrected chi connectivity index (χ1v) is 10.1. The van der Waals surface area contributed by atoms with Crippen LogP contribution in [0.25, 0.3) is 11.1 Å². The van der Waals surface area contributed by atoms with Gasteiger partial charge in [0.05, 0.1) is 10.5 Å². The average Bonchev–Trinajstić information content (AvgIpc) is 2.60. The Morgan fingerprint density at radius 1 is 1.00 bits per heavy atom. The first kappa shape index (κ1) is 19.9. The Morgan fingerprint density at radius 2 is 1.56 bits per heavy atom. The molecule has 2 N–H and O–H groups in total. The Balaban J connectivity index is 1.78. The van der Waals surface area contributed by atoms with Crippen molar-refractivity contribution < 1.29 is 26.7 Å². The van der Waals surface area contributed by atoms with Gasteiger partial charge in [-0.3, -0.25) is 0 Å². The first-order chi connectivity index (χ1) is 12.6. The highest BCUT2D eigenvalue weighted by Crippen LogP contribution is 2.29. The molecule has 0 unspecified atom stereocenters. The number of hydrogen-bond acceptors (Lipinski definition) is 3. The number of benzene rings is 2. The van der Waals surface area contributed by atoms with E-state index < -0.39 is 33.1 Å². The van der Waals surface area contributed by atoms with Crippen molar-refractivity contribution in [3.63, 3.8) is 0 Å². The maximum atomic E-state index is 13.9. The summed E-state index contributed by atoms with van der Waals surface area (Å²) >= 11 is 0. The number of nitrogens with one attached hydrogen (secondary N) is 1. The van der Waals surface area contributed by atoms with Crippen LogP contribution in [0.5, 0.6) is 0 Å². The van der Waals surface area contributed by atoms with Crippen LogP contribution in [0.4, 0.5) is 13.2 Å². The van der Waals surface area contributed by atoms with Crippen molar-refractivity contribution in [1.29, 1.82) is 0 Å². The van der Waals surface area contributed by atoms with Gasteiger partial charge in [-0.25, -0.2) is 26.3 Å². The molecule has 0 radical (unpaired) electrons. The zero-order valence-corrected chi connectivity index (χ0v) is 15.5. The molecule has 0 saturated heterocycles. The van der Waals surface area contributed by atoms with Crippen LogP contribution in [0.3, 0.4) is 0 Å². The minimum atomic E-state index is -3.78. The van der Waals surface area contributed by atoms with E-state index in [1.165, 1.54) is 24.3 Å². The van der Waals surface area contributed by atoms with Crippen molar-refractivity contribution in [3.8, 4) is 11.1 Å². The van der Waals surface area contributed by atoms with Gasteiger partial charge in [-0.1, -0.05) is 12.1 Å². The second kappa shape index (κ2) is 7.26. The highest BCUT2D eigenvalue weighted by atomic mass is 32.2. The number of hydrogen-bond donors (Lipinski definition) is 2. The van der Waals surface area contributed by atoms with Crippen molar-refractivity contribution in [1.82, 2.24) is 4.72 Å². The summed E-state index contributed by atoms with van der Waals surface area (Å²) in [4.78, 5) is -0.00780. The zero-order valence-electron chi connectivity index (χ0n) is 14.7. The third-order valence-electron chi connectivity index (χ3n) is 4.87. The van der Waals surface area contributed by atoms with Crippen LogP contribution in [0.1, 0.15) is 32.6 Å². The number of rotatable bonds is 4. The van der Waals surface area contributed by atoms with Crippen LogP contribution in [-0.2, 0) is 10.0 Å². The summed E-state index contributed by atoms with van der Waals surface area (Å²) in [7, 11) is -3.78. The molecule has 0 amide bonds. The lowest BCUT2D eigenvalue weighted by Gasteiger charge is -2.33. The van der Waals surface area contributed by atoms with Crippen molar-refractivity contribution in [2.75, 3.05) is 0 Å². The minimum Gasteiger partial charge on any atom is -0.390 e. The van der Waals surface area contributed by atoms with Gasteiger partial charge in [0.1, 0.15) is 5.82 Å². The first-order valence-electron chi connectivity index (χ1n) is 8.57. The van der Waals surface area contributed by atoms with Crippen LogP contribution < -0.4 is 4.72 Å². The van der Waals surface area contributed by atoms with Crippen molar-refractivity contribution in [2.24, 2.45) is 0 Å². The van der Waals surface area contributed by atoms with Gasteiger partial charge < -0.3 is 5.11 Å². The molecule has 3 rings (SSSR count). The fraction of sp³-hybridized carbons (Fsp3) is 0.368. The van der Waals surface area contributed by atoms with Crippen molar-refractivity contribution in [3.05, 3.63) is 53.8 Å². The maximum Gasteiger partial charge on any atom is 0.240 e. The molecule has 0 atom stereocenters. The summed E-state index contributed by atoms with van der Waals surface area (Å²) in [6.07, 6.45) is 2.08. The van der Waals surface area contributed by atoms with Gasteiger partial charge in [0.15, 0.2) is 11.6 Å². The maximum absolute atomic E-state index is 13.9. The Kier molecular flexibility index (Phi) is 5.33. The fourth-order valence-electron chi connectivity index (χ4n) is 3.20. The summed E-state index contributed by atoms with van der Waals surface area (Å²) in [6, 6.07) is 6.19. The van der Waals surface area contributed by atoms with Gasteiger partial charge in [0.25, 0.3) is 0 Å². The molecule has 27 heavy (non-hydrogen) atoms. The summed E-state index contributed by atoms with van der Waals surface area (Å²) in [5, 5.41) is 9.95. The lowest BCUT2D eigenvalue weighted by molar-refractivity contribution is 0.0163. The van der Waals surface area contributed by atoms with E-state index in [-0.39, 0.29) is 22.1 Å². The molecule has 8 heteroatoms. The van der Waals surface area contributed by atoms with Gasteiger partial charge in [0, 0.05) is 17.7 Å². The van der Waals surface area contributed by atoms with E-state index in [0.717, 1.165) is 6.07 Å². The molecule has 1 fully saturated rings. The molecule has 0 aromatic heterocycles. The van der Waals surface area contributed by atoms with Gasteiger partial charge in [-0.2, -0.15) is 0 Å². The number of halogens is 3. The largest absolute Gasteiger partial charge is 0.390 e. The van der Waals surface area contributed by atoms with Crippen LogP contribution in [-0.4, -0.2) is 25.2 Å². The Bertz CT molecular complexity index is 933. The van der Waals surface area contributed by atoms with Gasteiger partial charge in [-0.05, 0) is 56.4 Å². The molecule has 1 aliphatic carbocycles. The molecule has 1 saturated carbocycles. The summed E-state index contributed by atoms with van der Waals surface area (Å²) in [6.45, 7) is 1.73. The molecule has 0 spiro atoms. The third-order valence-corrected chi connectivity index (χ3v) is 6.41. The van der Waals surface area contributed by atoms with Gasteiger partial charge in [-0.15, -0.1) is 0 Å². The van der Waals surface area contributed by atoms with E-state index in [2.05, 4.69) is 4.72 Å². The van der Waals surface area contributed by atoms with E-state index in [1.807, 2.05) is 0 Å². The number of sulfonamides is 1. The monoisotopic (exact) mass is 399 g/mol. The highest BCUT2D eigenvalue weighted by Gasteiger charge is 2.31. The fourth-order valence-corrected chi connectivity index (χ4v) is 4.51. The molecule has 0 aliphatic heterocycles. The topological polar surface area (TPSA) is 66.4 Å². The lowest BCUT2D eigenvalue weighted by atomic mass is 9.84. The van der Waals surface area contributed by atoms with E-state index in [4.69, 9.17) is 0 Å². The Labute approximate surface area is 156 Å². The molecule has 0 bridgehead atoms. The van der Waals surface area contributed by atoms with E-state index in [9.17, 15) is 26.7 Å². The predicted octanol–water partition coefficient (Wildman–Crippen LogP) is 3.74. The Morgan fingerprint density at radius 3 is 2.15 bits per heavy atom. The van der Waals surface area contributed by atoms with Crippen molar-refractivity contribution in [2.45, 2.75) is 49.1 Å². The predicted molar refractivity (Wildman–Crippen MR) is 95.0 cm³/mol. The standard InChI is InChI=1S/C19H20F3NO3S/c1-19(24)8-6-13(7-9-19)23-27(25,26)14-4-2-12(3-5-14)15-10-17(21)18(22)11-16(15)20/h2-5,10-11,13,23-24H,6-9H2,1H3/t13-,19+. The smallest absolute Gasteiger partial charge is 0.240 e. The van der Waals surface area contributed by atoms with E-state index in [0.29, 0.717) is 31.7 Å². The van der Waals surface area contributed by atoms with Crippen molar-refractivity contribution >= 4 is 10.0 Å². The summed E-state index contributed by atoms with van der Waals surface area (Å²) < 4.78 is 67.9. The van der Waals surface area contributed by atoms with E-state index in [1.54, 1.807) is 6.92 Å². The molecular weight excluding hydrogens is 379 g/mol.